The van der Waals surface area contributed by atoms with Gasteiger partial charge in [-0.1, -0.05) is 6.07 Å². The number of aromatic nitrogens is 1. The Morgan fingerprint density at radius 1 is 1.30 bits per heavy atom. The first kappa shape index (κ1) is 13.8. The molecule has 2 aromatic rings. The SMILES string of the molecule is CN(C)c1ccc(NC(=O)c2cccc(F)c2N)cn1. The topological polar surface area (TPSA) is 71.2 Å². The molecule has 0 fully saturated rings. The molecule has 0 radical (unpaired) electrons. The molecular formula is C14H15FN4O. The molecule has 6 heteroatoms. The fourth-order valence-electron chi connectivity index (χ4n) is 1.66. The number of hydrogen-bond donors (Lipinski definition) is 2. The normalized spacial score (nSPS) is 10.2. The van der Waals surface area contributed by atoms with Crippen molar-refractivity contribution >= 4 is 23.1 Å². The molecule has 3 N–H and O–H groups in total. The van der Waals surface area contributed by atoms with E-state index in [0.717, 1.165) is 5.82 Å². The van der Waals surface area contributed by atoms with Crippen molar-refractivity contribution in [2.75, 3.05) is 30.0 Å². The van der Waals surface area contributed by atoms with Gasteiger partial charge in [0.1, 0.15) is 11.6 Å². The lowest BCUT2D eigenvalue weighted by Gasteiger charge is -2.12. The smallest absolute Gasteiger partial charge is 0.257 e. The number of anilines is 3. The maximum Gasteiger partial charge on any atom is 0.257 e. The van der Waals surface area contributed by atoms with Gasteiger partial charge >= 0.3 is 0 Å². The molecule has 0 unspecified atom stereocenters. The van der Waals surface area contributed by atoms with E-state index in [1.807, 2.05) is 19.0 Å². The number of rotatable bonds is 3. The Hall–Kier alpha value is -2.63. The van der Waals surface area contributed by atoms with E-state index in [0.29, 0.717) is 5.69 Å². The largest absolute Gasteiger partial charge is 0.396 e. The summed E-state index contributed by atoms with van der Waals surface area (Å²) in [6.45, 7) is 0. The van der Waals surface area contributed by atoms with E-state index in [9.17, 15) is 9.18 Å². The molecule has 104 valence electrons. The Morgan fingerprint density at radius 2 is 2.05 bits per heavy atom. The molecule has 0 saturated heterocycles. The summed E-state index contributed by atoms with van der Waals surface area (Å²) in [5.74, 6) is -0.312. The number of halogens is 1. The summed E-state index contributed by atoms with van der Waals surface area (Å²) < 4.78 is 13.3. The van der Waals surface area contributed by atoms with Crippen molar-refractivity contribution in [1.82, 2.24) is 4.98 Å². The van der Waals surface area contributed by atoms with Crippen molar-refractivity contribution in [3.63, 3.8) is 0 Å². The molecule has 1 aromatic heterocycles. The maximum atomic E-state index is 13.3. The van der Waals surface area contributed by atoms with Crippen LogP contribution < -0.4 is 16.0 Å². The van der Waals surface area contributed by atoms with Crippen molar-refractivity contribution in [1.29, 1.82) is 0 Å². The number of para-hydroxylation sites is 1. The quantitative estimate of drug-likeness (QED) is 0.841. The highest BCUT2D eigenvalue weighted by Gasteiger charge is 2.12. The second-order valence-corrected chi connectivity index (χ2v) is 4.45. The number of nitrogens with zero attached hydrogens (tertiary/aromatic N) is 2. The molecule has 0 aliphatic carbocycles. The van der Waals surface area contributed by atoms with Crippen molar-refractivity contribution in [3.8, 4) is 0 Å². The monoisotopic (exact) mass is 274 g/mol. The average molecular weight is 274 g/mol. The van der Waals surface area contributed by atoms with Crippen molar-refractivity contribution < 1.29 is 9.18 Å². The molecule has 0 atom stereocenters. The number of pyridine rings is 1. The Morgan fingerprint density at radius 3 is 2.65 bits per heavy atom. The standard InChI is InChI=1S/C14H15FN4O/c1-19(2)12-7-6-9(8-17-12)18-14(20)10-4-3-5-11(15)13(10)16/h3-8H,16H2,1-2H3,(H,18,20). The Balaban J connectivity index is 2.17. The highest BCUT2D eigenvalue weighted by atomic mass is 19.1. The van der Waals surface area contributed by atoms with Crippen LogP contribution in [-0.2, 0) is 0 Å². The second-order valence-electron chi connectivity index (χ2n) is 4.45. The number of amides is 1. The summed E-state index contributed by atoms with van der Waals surface area (Å²) in [5.41, 5.74) is 6.00. The van der Waals surface area contributed by atoms with Crippen LogP contribution in [0.2, 0.25) is 0 Å². The van der Waals surface area contributed by atoms with E-state index in [2.05, 4.69) is 10.3 Å². The first-order chi connectivity index (χ1) is 9.49. The summed E-state index contributed by atoms with van der Waals surface area (Å²) in [5, 5.41) is 2.63. The zero-order chi connectivity index (χ0) is 14.7. The summed E-state index contributed by atoms with van der Waals surface area (Å²) in [7, 11) is 3.74. The molecule has 1 heterocycles. The second kappa shape index (κ2) is 5.56. The van der Waals surface area contributed by atoms with Gasteiger partial charge in [-0.3, -0.25) is 4.79 Å². The third-order valence-electron chi connectivity index (χ3n) is 2.76. The minimum Gasteiger partial charge on any atom is -0.396 e. The number of nitrogens with two attached hydrogens (primary N) is 1. The van der Waals surface area contributed by atoms with Crippen LogP contribution in [0.25, 0.3) is 0 Å². The zero-order valence-electron chi connectivity index (χ0n) is 11.2. The van der Waals surface area contributed by atoms with Gasteiger partial charge in [0.2, 0.25) is 0 Å². The van der Waals surface area contributed by atoms with Gasteiger partial charge in [-0.15, -0.1) is 0 Å². The molecule has 5 nitrogen and oxygen atoms in total. The van der Waals surface area contributed by atoms with Gasteiger partial charge in [-0.25, -0.2) is 9.37 Å². The van der Waals surface area contributed by atoms with Crippen molar-refractivity contribution in [3.05, 3.63) is 47.9 Å². The number of benzene rings is 1. The zero-order valence-corrected chi connectivity index (χ0v) is 11.2. The van der Waals surface area contributed by atoms with E-state index in [-0.39, 0.29) is 11.3 Å². The number of nitrogen functional groups attached to an aromatic ring is 1. The average Bonchev–Trinajstić information content (AvgIpc) is 2.42. The lowest BCUT2D eigenvalue weighted by atomic mass is 10.1. The Labute approximate surface area is 116 Å². The summed E-state index contributed by atoms with van der Waals surface area (Å²) >= 11 is 0. The molecule has 1 aromatic carbocycles. The molecule has 0 aliphatic heterocycles. The van der Waals surface area contributed by atoms with Crippen LogP contribution >= 0.6 is 0 Å². The number of hydrogen-bond acceptors (Lipinski definition) is 4. The van der Waals surface area contributed by atoms with Crippen LogP contribution in [0.15, 0.2) is 36.5 Å². The van der Waals surface area contributed by atoms with Crippen LogP contribution in [0.3, 0.4) is 0 Å². The first-order valence-corrected chi connectivity index (χ1v) is 5.97. The highest BCUT2D eigenvalue weighted by molar-refractivity contribution is 6.07. The van der Waals surface area contributed by atoms with E-state index < -0.39 is 11.7 Å². The predicted molar refractivity (Wildman–Crippen MR) is 77.3 cm³/mol. The lowest BCUT2D eigenvalue weighted by molar-refractivity contribution is 0.102. The summed E-state index contributed by atoms with van der Waals surface area (Å²) in [6, 6.07) is 7.60. The van der Waals surface area contributed by atoms with Crippen LogP contribution in [-0.4, -0.2) is 25.0 Å². The summed E-state index contributed by atoms with van der Waals surface area (Å²) in [4.78, 5) is 18.0. The molecule has 0 spiro atoms. The highest BCUT2D eigenvalue weighted by Crippen LogP contribution is 2.18. The fraction of sp³-hybridized carbons (Fsp3) is 0.143. The van der Waals surface area contributed by atoms with Crippen molar-refractivity contribution in [2.45, 2.75) is 0 Å². The Kier molecular flexibility index (Phi) is 3.84. The minimum absolute atomic E-state index is 0.0988. The van der Waals surface area contributed by atoms with Crippen LogP contribution in [0.5, 0.6) is 0 Å². The lowest BCUT2D eigenvalue weighted by Crippen LogP contribution is -2.15. The third-order valence-corrected chi connectivity index (χ3v) is 2.76. The molecular weight excluding hydrogens is 259 g/mol. The van der Waals surface area contributed by atoms with Gasteiger partial charge in [0, 0.05) is 14.1 Å². The van der Waals surface area contributed by atoms with Crippen LogP contribution in [0.1, 0.15) is 10.4 Å². The number of carbonyl (C=O) groups is 1. The third kappa shape index (κ3) is 2.85. The van der Waals surface area contributed by atoms with E-state index in [4.69, 9.17) is 5.73 Å². The van der Waals surface area contributed by atoms with Crippen LogP contribution in [0, 0.1) is 5.82 Å². The minimum atomic E-state index is -0.612. The van der Waals surface area contributed by atoms with Gasteiger partial charge in [-0.2, -0.15) is 0 Å². The predicted octanol–water partition coefficient (Wildman–Crippen LogP) is 2.12. The maximum absolute atomic E-state index is 13.3. The van der Waals surface area contributed by atoms with Gasteiger partial charge in [-0.05, 0) is 24.3 Å². The number of carbonyl (C=O) groups excluding carboxylic acids is 1. The number of nitrogens with one attached hydrogen (secondary N) is 1. The van der Waals surface area contributed by atoms with E-state index >= 15 is 0 Å². The molecule has 0 bridgehead atoms. The van der Waals surface area contributed by atoms with Crippen LogP contribution in [0.4, 0.5) is 21.6 Å². The molecule has 20 heavy (non-hydrogen) atoms. The molecule has 2 rings (SSSR count). The van der Waals surface area contributed by atoms with Gasteiger partial charge in [0.05, 0.1) is 23.1 Å². The molecule has 1 amide bonds. The van der Waals surface area contributed by atoms with E-state index in [1.165, 1.54) is 24.4 Å². The molecule has 0 saturated carbocycles. The molecule has 0 aliphatic rings. The summed E-state index contributed by atoms with van der Waals surface area (Å²) in [6.07, 6.45) is 1.53. The fourth-order valence-corrected chi connectivity index (χ4v) is 1.66. The Bertz CT molecular complexity index is 626. The first-order valence-electron chi connectivity index (χ1n) is 5.97. The van der Waals surface area contributed by atoms with E-state index in [1.54, 1.807) is 12.1 Å². The van der Waals surface area contributed by atoms with Crippen molar-refractivity contribution in [2.24, 2.45) is 0 Å². The van der Waals surface area contributed by atoms with Gasteiger partial charge in [0.15, 0.2) is 0 Å². The van der Waals surface area contributed by atoms with Gasteiger partial charge in [0.25, 0.3) is 5.91 Å². The van der Waals surface area contributed by atoms with Gasteiger partial charge < -0.3 is 16.0 Å².